The van der Waals surface area contributed by atoms with Crippen molar-refractivity contribution in [3.8, 4) is 0 Å². The highest BCUT2D eigenvalue weighted by molar-refractivity contribution is 7.89. The molecular weight excluding hydrogens is 322 g/mol. The molecule has 0 unspecified atom stereocenters. The van der Waals surface area contributed by atoms with E-state index in [1.165, 1.54) is 23.5 Å². The van der Waals surface area contributed by atoms with E-state index < -0.39 is 16.0 Å². The third-order valence-electron chi connectivity index (χ3n) is 3.92. The third-order valence-corrected chi connectivity index (χ3v) is 5.69. The number of hydrogen-bond donors (Lipinski definition) is 1. The van der Waals surface area contributed by atoms with Gasteiger partial charge in [0.05, 0.1) is 7.11 Å². The monoisotopic (exact) mass is 339 g/mol. The van der Waals surface area contributed by atoms with Crippen molar-refractivity contribution in [2.75, 3.05) is 20.2 Å². The topological polar surface area (TPSA) is 106 Å². The standard InChI is InChI=1S/C14H17N3O5S/c1-21-14(18)11-2-3-12(22-11)23(19,20)17-8-4-10(5-9-17)13-15-6-7-16-13/h2-3,6-7,10H,4-5,8-9H2,1H3,(H,15,16). The number of rotatable bonds is 4. The van der Waals surface area contributed by atoms with E-state index in [4.69, 9.17) is 4.42 Å². The van der Waals surface area contributed by atoms with Gasteiger partial charge < -0.3 is 14.1 Å². The van der Waals surface area contributed by atoms with Crippen molar-refractivity contribution >= 4 is 16.0 Å². The van der Waals surface area contributed by atoms with Gasteiger partial charge in [0.2, 0.25) is 10.9 Å². The number of esters is 1. The summed E-state index contributed by atoms with van der Waals surface area (Å²) in [5.74, 6) is 0.270. The van der Waals surface area contributed by atoms with Crippen LogP contribution < -0.4 is 0 Å². The van der Waals surface area contributed by atoms with Gasteiger partial charge in [0, 0.05) is 31.4 Å². The molecule has 2 aromatic heterocycles. The van der Waals surface area contributed by atoms with Crippen molar-refractivity contribution < 1.29 is 22.4 Å². The lowest BCUT2D eigenvalue weighted by atomic mass is 9.98. The van der Waals surface area contributed by atoms with Gasteiger partial charge in [0.25, 0.3) is 10.0 Å². The molecule has 0 radical (unpaired) electrons. The number of ether oxygens (including phenoxy) is 1. The van der Waals surface area contributed by atoms with Crippen molar-refractivity contribution in [1.29, 1.82) is 0 Å². The molecule has 1 N–H and O–H groups in total. The van der Waals surface area contributed by atoms with Crippen LogP contribution in [0.25, 0.3) is 0 Å². The largest absolute Gasteiger partial charge is 0.463 e. The number of piperidine rings is 1. The zero-order valence-electron chi connectivity index (χ0n) is 12.6. The molecule has 1 fully saturated rings. The number of aromatic amines is 1. The molecule has 1 aliphatic heterocycles. The molecule has 1 aliphatic rings. The summed E-state index contributed by atoms with van der Waals surface area (Å²) in [7, 11) is -2.54. The number of carbonyl (C=O) groups is 1. The van der Waals surface area contributed by atoms with Crippen LogP contribution in [0, 0.1) is 0 Å². The second kappa shape index (κ2) is 6.17. The predicted octanol–water partition coefficient (Wildman–Crippen LogP) is 1.36. The summed E-state index contributed by atoms with van der Waals surface area (Å²) >= 11 is 0. The van der Waals surface area contributed by atoms with Crippen LogP contribution in [0.2, 0.25) is 0 Å². The average Bonchev–Trinajstić information content (AvgIpc) is 3.26. The number of aromatic nitrogens is 2. The second-order valence-electron chi connectivity index (χ2n) is 5.26. The fraction of sp³-hybridized carbons (Fsp3) is 0.429. The van der Waals surface area contributed by atoms with Crippen LogP contribution in [0.15, 0.2) is 34.0 Å². The Morgan fingerprint density at radius 1 is 1.39 bits per heavy atom. The first kappa shape index (κ1) is 15.8. The summed E-state index contributed by atoms with van der Waals surface area (Å²) in [6, 6.07) is 2.58. The van der Waals surface area contributed by atoms with E-state index in [2.05, 4.69) is 14.7 Å². The summed E-state index contributed by atoms with van der Waals surface area (Å²) < 4.78 is 36.1. The molecule has 124 valence electrons. The highest BCUT2D eigenvalue weighted by atomic mass is 32.2. The number of methoxy groups -OCH3 is 1. The number of hydrogen-bond acceptors (Lipinski definition) is 6. The molecule has 0 aromatic carbocycles. The maximum atomic E-state index is 12.6. The van der Waals surface area contributed by atoms with Crippen molar-refractivity contribution in [3.05, 3.63) is 36.1 Å². The molecule has 0 spiro atoms. The number of furan rings is 1. The minimum absolute atomic E-state index is 0.128. The van der Waals surface area contributed by atoms with Gasteiger partial charge in [-0.3, -0.25) is 0 Å². The van der Waals surface area contributed by atoms with Gasteiger partial charge in [0.1, 0.15) is 5.82 Å². The molecular formula is C14H17N3O5S. The second-order valence-corrected chi connectivity index (χ2v) is 7.13. The fourth-order valence-corrected chi connectivity index (χ4v) is 4.05. The maximum Gasteiger partial charge on any atom is 0.374 e. The number of nitrogens with zero attached hydrogens (tertiary/aromatic N) is 2. The first-order chi connectivity index (χ1) is 11.0. The Kier molecular flexibility index (Phi) is 4.22. The molecule has 0 atom stereocenters. The molecule has 0 amide bonds. The molecule has 23 heavy (non-hydrogen) atoms. The first-order valence-corrected chi connectivity index (χ1v) is 8.64. The lowest BCUT2D eigenvalue weighted by Gasteiger charge is -2.29. The molecule has 2 aromatic rings. The van der Waals surface area contributed by atoms with Crippen LogP contribution in [-0.4, -0.2) is 48.9 Å². The zero-order chi connectivity index (χ0) is 16.4. The molecule has 0 saturated carbocycles. The summed E-state index contributed by atoms with van der Waals surface area (Å²) in [5, 5.41) is -0.241. The van der Waals surface area contributed by atoms with Crippen LogP contribution >= 0.6 is 0 Å². The van der Waals surface area contributed by atoms with Crippen LogP contribution in [0.5, 0.6) is 0 Å². The van der Waals surface area contributed by atoms with Crippen molar-refractivity contribution in [1.82, 2.24) is 14.3 Å². The summed E-state index contributed by atoms with van der Waals surface area (Å²) in [6.45, 7) is 0.754. The van der Waals surface area contributed by atoms with Gasteiger partial charge in [-0.15, -0.1) is 0 Å². The lowest BCUT2D eigenvalue weighted by Crippen LogP contribution is -2.37. The molecule has 0 aliphatic carbocycles. The van der Waals surface area contributed by atoms with Crippen LogP contribution in [-0.2, 0) is 14.8 Å². The minimum Gasteiger partial charge on any atom is -0.463 e. The van der Waals surface area contributed by atoms with E-state index in [1.54, 1.807) is 12.4 Å². The van der Waals surface area contributed by atoms with Crippen molar-refractivity contribution in [2.45, 2.75) is 23.9 Å². The first-order valence-electron chi connectivity index (χ1n) is 7.20. The van der Waals surface area contributed by atoms with E-state index in [0.29, 0.717) is 25.9 Å². The van der Waals surface area contributed by atoms with Crippen molar-refractivity contribution in [3.63, 3.8) is 0 Å². The predicted molar refractivity (Wildman–Crippen MR) is 79.4 cm³/mol. The van der Waals surface area contributed by atoms with E-state index in [-0.39, 0.29) is 16.8 Å². The zero-order valence-corrected chi connectivity index (χ0v) is 13.4. The van der Waals surface area contributed by atoms with E-state index in [9.17, 15) is 13.2 Å². The fourth-order valence-electron chi connectivity index (χ4n) is 2.67. The Hall–Kier alpha value is -2.13. The number of imidazole rings is 1. The minimum atomic E-state index is -3.75. The Morgan fingerprint density at radius 3 is 2.74 bits per heavy atom. The molecule has 1 saturated heterocycles. The Balaban J connectivity index is 1.71. The number of sulfonamides is 1. The van der Waals surface area contributed by atoms with Crippen LogP contribution in [0.4, 0.5) is 0 Å². The quantitative estimate of drug-likeness (QED) is 0.843. The smallest absolute Gasteiger partial charge is 0.374 e. The van der Waals surface area contributed by atoms with Gasteiger partial charge in [-0.1, -0.05) is 0 Å². The van der Waals surface area contributed by atoms with Gasteiger partial charge in [-0.2, -0.15) is 4.31 Å². The molecule has 3 rings (SSSR count). The van der Waals surface area contributed by atoms with Gasteiger partial charge >= 0.3 is 5.97 Å². The Labute approximate surface area is 133 Å². The normalized spacial score (nSPS) is 17.3. The molecule has 9 heteroatoms. The van der Waals surface area contributed by atoms with E-state index >= 15 is 0 Å². The van der Waals surface area contributed by atoms with Gasteiger partial charge in [0.15, 0.2) is 0 Å². The Morgan fingerprint density at radius 2 is 2.13 bits per heavy atom. The highest BCUT2D eigenvalue weighted by Gasteiger charge is 2.33. The van der Waals surface area contributed by atoms with Crippen molar-refractivity contribution in [2.24, 2.45) is 0 Å². The summed E-state index contributed by atoms with van der Waals surface area (Å²) in [4.78, 5) is 18.7. The summed E-state index contributed by atoms with van der Waals surface area (Å²) in [6.07, 6.45) is 4.81. The number of H-pyrrole nitrogens is 1. The Bertz CT molecular complexity index is 773. The third kappa shape index (κ3) is 3.02. The van der Waals surface area contributed by atoms with E-state index in [0.717, 1.165) is 5.82 Å². The van der Waals surface area contributed by atoms with E-state index in [1.807, 2.05) is 0 Å². The average molecular weight is 339 g/mol. The van der Waals surface area contributed by atoms with Crippen LogP contribution in [0.1, 0.15) is 35.1 Å². The SMILES string of the molecule is COC(=O)c1ccc(S(=O)(=O)N2CCC(c3ncc[nH]3)CC2)o1. The van der Waals surface area contributed by atoms with Gasteiger partial charge in [-0.05, 0) is 25.0 Å². The maximum absolute atomic E-state index is 12.6. The number of nitrogens with one attached hydrogen (secondary N) is 1. The van der Waals surface area contributed by atoms with Gasteiger partial charge in [-0.25, -0.2) is 18.2 Å². The summed E-state index contributed by atoms with van der Waals surface area (Å²) in [5.41, 5.74) is 0. The molecule has 0 bridgehead atoms. The highest BCUT2D eigenvalue weighted by Crippen LogP contribution is 2.29. The molecule has 3 heterocycles. The number of carbonyl (C=O) groups excluding carboxylic acids is 1. The lowest BCUT2D eigenvalue weighted by molar-refractivity contribution is 0.0558. The van der Waals surface area contributed by atoms with Crippen LogP contribution in [0.3, 0.4) is 0 Å². The molecule has 8 nitrogen and oxygen atoms in total.